The quantitative estimate of drug-likeness (QED) is 0.682. The third kappa shape index (κ3) is 2.71. The minimum absolute atomic E-state index is 0.149. The molecule has 0 radical (unpaired) electrons. The van der Waals surface area contributed by atoms with E-state index >= 15 is 0 Å². The average molecular weight is 438 g/mol. The third-order valence-corrected chi connectivity index (χ3v) is 5.92. The molecule has 2 aromatic rings. The Kier molecular flexibility index (Phi) is 3.99. The summed E-state index contributed by atoms with van der Waals surface area (Å²) in [5.74, 6) is -1.47. The van der Waals surface area contributed by atoms with Crippen molar-refractivity contribution in [2.75, 3.05) is 6.54 Å². The Hall–Kier alpha value is -1.35. The van der Waals surface area contributed by atoms with Gasteiger partial charge in [0.25, 0.3) is 0 Å². The van der Waals surface area contributed by atoms with Crippen molar-refractivity contribution in [2.45, 2.75) is 37.4 Å². The van der Waals surface area contributed by atoms with E-state index in [0.717, 1.165) is 0 Å². The topological polar surface area (TPSA) is 50.5 Å². The number of nitrogens with zero attached hydrogens (tertiary/aromatic N) is 4. The molecule has 0 bridgehead atoms. The molecule has 2 aliphatic heterocycles. The van der Waals surface area contributed by atoms with Gasteiger partial charge in [-0.15, -0.1) is 0 Å². The third-order valence-electron chi connectivity index (χ3n) is 5.09. The minimum Gasteiger partial charge on any atom is -0.338 e. The van der Waals surface area contributed by atoms with Crippen LogP contribution in [0.15, 0.2) is 17.0 Å². The second kappa shape index (κ2) is 5.84. The zero-order chi connectivity index (χ0) is 17.9. The normalized spacial score (nSPS) is 27.2. The van der Waals surface area contributed by atoms with E-state index in [9.17, 15) is 18.0 Å². The molecule has 3 atom stereocenters. The first-order chi connectivity index (χ1) is 11.8. The van der Waals surface area contributed by atoms with Gasteiger partial charge < -0.3 is 4.90 Å². The number of hydrogen-bond acceptors (Lipinski definition) is 3. The Morgan fingerprint density at radius 3 is 2.80 bits per heavy atom. The fourth-order valence-corrected chi connectivity index (χ4v) is 4.87. The van der Waals surface area contributed by atoms with Gasteiger partial charge in [-0.05, 0) is 28.8 Å². The van der Waals surface area contributed by atoms with E-state index in [1.54, 1.807) is 16.8 Å². The van der Waals surface area contributed by atoms with Crippen molar-refractivity contribution < 1.29 is 18.0 Å². The van der Waals surface area contributed by atoms with Gasteiger partial charge in [0.1, 0.15) is 15.9 Å². The molecule has 2 aliphatic rings. The highest BCUT2D eigenvalue weighted by atomic mass is 79.9. The van der Waals surface area contributed by atoms with Crippen molar-refractivity contribution in [3.05, 3.63) is 28.0 Å². The largest absolute Gasteiger partial charge is 0.394 e. The summed E-state index contributed by atoms with van der Waals surface area (Å²) in [6.07, 6.45) is -0.699. The predicted molar refractivity (Wildman–Crippen MR) is 87.3 cm³/mol. The number of amides is 1. The van der Waals surface area contributed by atoms with Gasteiger partial charge in [-0.25, -0.2) is 9.97 Å². The molecular formula is C15H13BrClF3N4O. The first-order valence-corrected chi connectivity index (χ1v) is 8.98. The number of carbonyl (C=O) groups excluding carboxylic acids is 1. The van der Waals surface area contributed by atoms with Crippen LogP contribution in [0.5, 0.6) is 0 Å². The summed E-state index contributed by atoms with van der Waals surface area (Å²) in [5.41, 5.74) is 0.613. The van der Waals surface area contributed by atoms with Gasteiger partial charge >= 0.3 is 6.18 Å². The van der Waals surface area contributed by atoms with Gasteiger partial charge in [0.2, 0.25) is 5.91 Å². The molecule has 134 valence electrons. The van der Waals surface area contributed by atoms with Gasteiger partial charge in [0.15, 0.2) is 5.15 Å². The Morgan fingerprint density at radius 2 is 2.08 bits per heavy atom. The Bertz CT molecular complexity index is 855. The van der Waals surface area contributed by atoms with Gasteiger partial charge in [-0.2, -0.15) is 13.2 Å². The Morgan fingerprint density at radius 1 is 1.32 bits per heavy atom. The fraction of sp³-hybridized carbons (Fsp3) is 0.533. The van der Waals surface area contributed by atoms with Crippen LogP contribution >= 0.6 is 27.5 Å². The first kappa shape index (κ1) is 17.1. The molecule has 5 nitrogen and oxygen atoms in total. The van der Waals surface area contributed by atoms with Gasteiger partial charge in [0.05, 0.1) is 5.92 Å². The molecule has 1 amide bonds. The standard InChI is InChI=1S/C15H13BrClF3N4O/c16-12-11-13(17)21-3-4-23(11)14(22-12)7-1-2-9-8(15(18,19)20)5-10(25)24(9)6-7/h3-4,7-9H,1-2,5-6H2. The number of carbonyl (C=O) groups is 1. The van der Waals surface area contributed by atoms with Crippen LogP contribution in [-0.2, 0) is 4.79 Å². The summed E-state index contributed by atoms with van der Waals surface area (Å²) >= 11 is 9.46. The first-order valence-electron chi connectivity index (χ1n) is 7.81. The Balaban J connectivity index is 1.66. The van der Waals surface area contributed by atoms with E-state index in [4.69, 9.17) is 11.6 Å². The highest BCUT2D eigenvalue weighted by molar-refractivity contribution is 9.10. The molecule has 25 heavy (non-hydrogen) atoms. The summed E-state index contributed by atoms with van der Waals surface area (Å²) in [6, 6.07) is -0.760. The maximum absolute atomic E-state index is 13.2. The summed E-state index contributed by atoms with van der Waals surface area (Å²) in [7, 11) is 0. The number of halogens is 5. The number of aromatic nitrogens is 3. The second-order valence-corrected chi connectivity index (χ2v) is 7.55. The summed E-state index contributed by atoms with van der Waals surface area (Å²) in [4.78, 5) is 22.0. The maximum atomic E-state index is 13.2. The van der Waals surface area contributed by atoms with Crippen LogP contribution in [-0.4, -0.2) is 43.9 Å². The van der Waals surface area contributed by atoms with E-state index < -0.39 is 30.5 Å². The summed E-state index contributed by atoms with van der Waals surface area (Å²) < 4.78 is 41.8. The molecule has 0 N–H and O–H groups in total. The zero-order valence-electron chi connectivity index (χ0n) is 12.8. The molecule has 4 heterocycles. The molecule has 10 heteroatoms. The number of imidazole rings is 1. The van der Waals surface area contributed by atoms with Crippen LogP contribution in [0, 0.1) is 5.92 Å². The molecule has 0 spiro atoms. The summed E-state index contributed by atoms with van der Waals surface area (Å²) in [5, 5.41) is 0.288. The highest BCUT2D eigenvalue weighted by Crippen LogP contribution is 2.45. The Labute approximate surface area is 154 Å². The van der Waals surface area contributed by atoms with Crippen molar-refractivity contribution in [2.24, 2.45) is 5.92 Å². The fourth-order valence-electron chi connectivity index (χ4n) is 3.95. The monoisotopic (exact) mass is 436 g/mol. The lowest BCUT2D eigenvalue weighted by molar-refractivity contribution is -0.182. The number of fused-ring (bicyclic) bond motifs is 2. The lowest BCUT2D eigenvalue weighted by atomic mass is 9.87. The molecule has 2 aromatic heterocycles. The number of hydrogen-bond donors (Lipinski definition) is 0. The number of piperidine rings is 1. The van der Waals surface area contributed by atoms with Gasteiger partial charge in [0, 0.05) is 37.3 Å². The number of alkyl halides is 3. The van der Waals surface area contributed by atoms with Crippen molar-refractivity contribution in [3.63, 3.8) is 0 Å². The molecule has 3 unspecified atom stereocenters. The van der Waals surface area contributed by atoms with E-state index in [1.807, 2.05) is 0 Å². The summed E-state index contributed by atoms with van der Waals surface area (Å²) in [6.45, 7) is 0.238. The molecule has 2 fully saturated rings. The van der Waals surface area contributed by atoms with Crippen molar-refractivity contribution in [1.82, 2.24) is 19.3 Å². The minimum atomic E-state index is -4.34. The van der Waals surface area contributed by atoms with E-state index in [0.29, 0.717) is 28.8 Å². The van der Waals surface area contributed by atoms with E-state index in [1.165, 1.54) is 4.90 Å². The van der Waals surface area contributed by atoms with Crippen LogP contribution < -0.4 is 0 Å². The molecule has 2 saturated heterocycles. The van der Waals surface area contributed by atoms with Crippen molar-refractivity contribution >= 4 is 39.0 Å². The van der Waals surface area contributed by atoms with Crippen LogP contribution in [0.4, 0.5) is 13.2 Å². The lowest BCUT2D eigenvalue weighted by Gasteiger charge is -2.37. The molecular weight excluding hydrogens is 425 g/mol. The molecule has 0 aliphatic carbocycles. The van der Waals surface area contributed by atoms with Crippen LogP contribution in [0.1, 0.15) is 31.0 Å². The highest BCUT2D eigenvalue weighted by Gasteiger charge is 2.55. The van der Waals surface area contributed by atoms with Crippen LogP contribution in [0.3, 0.4) is 0 Å². The van der Waals surface area contributed by atoms with Crippen LogP contribution in [0.2, 0.25) is 5.15 Å². The van der Waals surface area contributed by atoms with E-state index in [2.05, 4.69) is 25.9 Å². The predicted octanol–water partition coefficient (Wildman–Crippen LogP) is 3.80. The smallest absolute Gasteiger partial charge is 0.338 e. The lowest BCUT2D eigenvalue weighted by Crippen LogP contribution is -2.45. The van der Waals surface area contributed by atoms with Crippen LogP contribution in [0.25, 0.3) is 5.52 Å². The van der Waals surface area contributed by atoms with Gasteiger partial charge in [-0.3, -0.25) is 9.20 Å². The number of rotatable bonds is 1. The average Bonchev–Trinajstić information content (AvgIpc) is 3.06. The molecule has 0 saturated carbocycles. The zero-order valence-corrected chi connectivity index (χ0v) is 15.1. The molecule has 0 aromatic carbocycles. The SMILES string of the molecule is O=C1CC(C(F)(F)F)C2CCC(c3nc(Br)c4c(Cl)nccn34)CN12. The second-order valence-electron chi connectivity index (χ2n) is 6.44. The van der Waals surface area contributed by atoms with Crippen molar-refractivity contribution in [3.8, 4) is 0 Å². The van der Waals surface area contributed by atoms with Gasteiger partial charge in [-0.1, -0.05) is 11.6 Å². The van der Waals surface area contributed by atoms with E-state index in [-0.39, 0.29) is 17.6 Å². The maximum Gasteiger partial charge on any atom is 0.394 e. The molecule has 4 rings (SSSR count). The van der Waals surface area contributed by atoms with Crippen molar-refractivity contribution in [1.29, 1.82) is 0 Å².